The fraction of sp³-hybridized carbons (Fsp3) is 0.278. The van der Waals surface area contributed by atoms with Crippen LogP contribution in [0.2, 0.25) is 5.02 Å². The Labute approximate surface area is 141 Å². The van der Waals surface area contributed by atoms with Gasteiger partial charge in [0.1, 0.15) is 0 Å². The fourth-order valence-corrected chi connectivity index (χ4v) is 3.45. The molecule has 2 aromatic carbocycles. The van der Waals surface area contributed by atoms with Gasteiger partial charge in [-0.3, -0.25) is 0 Å². The molecule has 0 heterocycles. The summed E-state index contributed by atoms with van der Waals surface area (Å²) in [6.07, 6.45) is 3.02. The summed E-state index contributed by atoms with van der Waals surface area (Å²) in [5.74, 6) is 0. The molecule has 1 aliphatic rings. The third-order valence-electron chi connectivity index (χ3n) is 4.06. The number of hydrogen-bond donors (Lipinski definition) is 2. The SMILES string of the molecule is S=C(NCCc1ccccc1)NC1CCc2c(Cl)cccc21. The molecule has 0 amide bonds. The molecule has 0 aliphatic heterocycles. The standard InChI is InChI=1S/C18H19ClN2S/c19-16-8-4-7-15-14(16)9-10-17(15)21-18(22)20-12-11-13-5-2-1-3-6-13/h1-8,17H,9-12H2,(H2,20,21,22). The van der Waals surface area contributed by atoms with Crippen molar-refractivity contribution in [3.05, 3.63) is 70.2 Å². The van der Waals surface area contributed by atoms with E-state index in [0.29, 0.717) is 5.11 Å². The van der Waals surface area contributed by atoms with Gasteiger partial charge in [0.2, 0.25) is 0 Å². The molecule has 2 nitrogen and oxygen atoms in total. The van der Waals surface area contributed by atoms with E-state index in [-0.39, 0.29) is 6.04 Å². The first-order valence-corrected chi connectivity index (χ1v) is 8.38. The van der Waals surface area contributed by atoms with Crippen LogP contribution in [-0.4, -0.2) is 11.7 Å². The molecule has 0 spiro atoms. The van der Waals surface area contributed by atoms with E-state index < -0.39 is 0 Å². The second kappa shape index (κ2) is 7.12. The first kappa shape index (κ1) is 15.3. The molecular weight excluding hydrogens is 312 g/mol. The molecule has 114 valence electrons. The molecule has 1 aliphatic carbocycles. The summed E-state index contributed by atoms with van der Waals surface area (Å²) in [7, 11) is 0. The van der Waals surface area contributed by atoms with Gasteiger partial charge in [-0.05, 0) is 54.2 Å². The van der Waals surface area contributed by atoms with E-state index in [4.69, 9.17) is 23.8 Å². The minimum atomic E-state index is 0.269. The van der Waals surface area contributed by atoms with Gasteiger partial charge in [-0.15, -0.1) is 0 Å². The highest BCUT2D eigenvalue weighted by Gasteiger charge is 2.24. The maximum absolute atomic E-state index is 6.25. The van der Waals surface area contributed by atoms with Gasteiger partial charge in [-0.25, -0.2) is 0 Å². The fourth-order valence-electron chi connectivity index (χ4n) is 2.93. The highest BCUT2D eigenvalue weighted by molar-refractivity contribution is 7.80. The molecule has 2 aromatic rings. The predicted molar refractivity (Wildman–Crippen MR) is 96.4 cm³/mol. The lowest BCUT2D eigenvalue weighted by molar-refractivity contribution is 0.630. The molecule has 3 rings (SSSR count). The lowest BCUT2D eigenvalue weighted by Gasteiger charge is -2.17. The van der Waals surface area contributed by atoms with Crippen LogP contribution in [-0.2, 0) is 12.8 Å². The van der Waals surface area contributed by atoms with Gasteiger partial charge in [-0.2, -0.15) is 0 Å². The zero-order chi connectivity index (χ0) is 15.4. The van der Waals surface area contributed by atoms with Gasteiger partial charge in [0.05, 0.1) is 6.04 Å². The van der Waals surface area contributed by atoms with Crippen LogP contribution in [0.3, 0.4) is 0 Å². The van der Waals surface area contributed by atoms with Crippen molar-refractivity contribution in [3.8, 4) is 0 Å². The van der Waals surface area contributed by atoms with Crippen LogP contribution in [0.4, 0.5) is 0 Å². The Morgan fingerprint density at radius 1 is 1.14 bits per heavy atom. The van der Waals surface area contributed by atoms with Crippen LogP contribution in [0.15, 0.2) is 48.5 Å². The molecule has 0 saturated carbocycles. The van der Waals surface area contributed by atoms with Crippen molar-refractivity contribution in [2.75, 3.05) is 6.54 Å². The largest absolute Gasteiger partial charge is 0.362 e. The first-order valence-electron chi connectivity index (χ1n) is 7.59. The van der Waals surface area contributed by atoms with Gasteiger partial charge in [0, 0.05) is 11.6 Å². The molecule has 2 N–H and O–H groups in total. The average molecular weight is 331 g/mol. The Kier molecular flexibility index (Phi) is 4.96. The van der Waals surface area contributed by atoms with Crippen LogP contribution in [0.25, 0.3) is 0 Å². The Morgan fingerprint density at radius 3 is 2.77 bits per heavy atom. The van der Waals surface area contributed by atoms with E-state index in [9.17, 15) is 0 Å². The van der Waals surface area contributed by atoms with Gasteiger partial charge in [0.15, 0.2) is 5.11 Å². The lowest BCUT2D eigenvalue weighted by atomic mass is 10.1. The van der Waals surface area contributed by atoms with Crippen LogP contribution < -0.4 is 10.6 Å². The summed E-state index contributed by atoms with van der Waals surface area (Å²) in [6.45, 7) is 0.838. The maximum atomic E-state index is 6.25. The number of thiocarbonyl (C=S) groups is 1. The van der Waals surface area contributed by atoms with E-state index in [2.05, 4.69) is 41.0 Å². The highest BCUT2D eigenvalue weighted by Crippen LogP contribution is 2.35. The van der Waals surface area contributed by atoms with Crippen molar-refractivity contribution in [2.45, 2.75) is 25.3 Å². The summed E-state index contributed by atoms with van der Waals surface area (Å²) < 4.78 is 0. The third kappa shape index (κ3) is 3.60. The van der Waals surface area contributed by atoms with Crippen LogP contribution >= 0.6 is 23.8 Å². The number of hydrogen-bond acceptors (Lipinski definition) is 1. The Hall–Kier alpha value is -1.58. The van der Waals surface area contributed by atoms with Crippen molar-refractivity contribution < 1.29 is 0 Å². The minimum Gasteiger partial charge on any atom is -0.362 e. The molecular formula is C18H19ClN2S. The summed E-state index contributed by atoms with van der Waals surface area (Å²) in [5.41, 5.74) is 3.85. The van der Waals surface area contributed by atoms with Crippen LogP contribution in [0, 0.1) is 0 Å². The second-order valence-corrected chi connectivity index (χ2v) is 6.35. The van der Waals surface area contributed by atoms with E-state index in [0.717, 1.165) is 30.8 Å². The molecule has 22 heavy (non-hydrogen) atoms. The lowest BCUT2D eigenvalue weighted by Crippen LogP contribution is -2.38. The molecule has 4 heteroatoms. The van der Waals surface area contributed by atoms with Crippen molar-refractivity contribution >= 4 is 28.9 Å². The number of halogens is 1. The van der Waals surface area contributed by atoms with Gasteiger partial charge in [-0.1, -0.05) is 54.1 Å². The maximum Gasteiger partial charge on any atom is 0.166 e. The molecule has 0 fully saturated rings. The van der Waals surface area contributed by atoms with Crippen LogP contribution in [0.1, 0.15) is 29.2 Å². The molecule has 1 atom stereocenters. The van der Waals surface area contributed by atoms with Gasteiger partial charge in [0.25, 0.3) is 0 Å². The third-order valence-corrected chi connectivity index (χ3v) is 4.68. The number of benzene rings is 2. The molecule has 1 unspecified atom stereocenters. The van der Waals surface area contributed by atoms with Crippen molar-refractivity contribution in [1.82, 2.24) is 10.6 Å². The quantitative estimate of drug-likeness (QED) is 0.827. The highest BCUT2D eigenvalue weighted by atomic mass is 35.5. The second-order valence-electron chi connectivity index (χ2n) is 5.53. The number of fused-ring (bicyclic) bond motifs is 1. The van der Waals surface area contributed by atoms with Crippen LogP contribution in [0.5, 0.6) is 0 Å². The topological polar surface area (TPSA) is 24.1 Å². The summed E-state index contributed by atoms with van der Waals surface area (Å²) >= 11 is 11.7. The first-order chi connectivity index (χ1) is 10.7. The Balaban J connectivity index is 1.50. The molecule has 0 radical (unpaired) electrons. The molecule has 0 saturated heterocycles. The summed E-state index contributed by atoms with van der Waals surface area (Å²) in [4.78, 5) is 0. The molecule has 0 bridgehead atoms. The van der Waals surface area contributed by atoms with Gasteiger partial charge >= 0.3 is 0 Å². The Bertz CT molecular complexity index is 657. The average Bonchev–Trinajstić information content (AvgIpc) is 2.93. The van der Waals surface area contributed by atoms with Crippen molar-refractivity contribution in [2.24, 2.45) is 0 Å². The summed E-state index contributed by atoms with van der Waals surface area (Å²) in [5, 5.41) is 8.28. The number of rotatable bonds is 4. The normalized spacial score (nSPS) is 16.1. The van der Waals surface area contributed by atoms with Crippen molar-refractivity contribution in [3.63, 3.8) is 0 Å². The van der Waals surface area contributed by atoms with E-state index in [1.54, 1.807) is 0 Å². The number of nitrogens with one attached hydrogen (secondary N) is 2. The molecule has 0 aromatic heterocycles. The zero-order valence-corrected chi connectivity index (χ0v) is 13.9. The van der Waals surface area contributed by atoms with Crippen molar-refractivity contribution in [1.29, 1.82) is 0 Å². The van der Waals surface area contributed by atoms with E-state index >= 15 is 0 Å². The van der Waals surface area contributed by atoms with E-state index in [1.807, 2.05) is 18.2 Å². The van der Waals surface area contributed by atoms with Gasteiger partial charge < -0.3 is 10.6 Å². The Morgan fingerprint density at radius 2 is 1.95 bits per heavy atom. The van der Waals surface area contributed by atoms with E-state index in [1.165, 1.54) is 16.7 Å². The smallest absolute Gasteiger partial charge is 0.166 e. The summed E-state index contributed by atoms with van der Waals surface area (Å²) in [6, 6.07) is 16.8. The zero-order valence-electron chi connectivity index (χ0n) is 12.3. The minimum absolute atomic E-state index is 0.269. The predicted octanol–water partition coefficient (Wildman–Crippen LogP) is 4.03. The monoisotopic (exact) mass is 330 g/mol.